The fraction of sp³-hybridized carbons (Fsp3) is 0.344. The topological polar surface area (TPSA) is 239 Å². The summed E-state index contributed by atoms with van der Waals surface area (Å²) >= 11 is 0. The van der Waals surface area contributed by atoms with Crippen LogP contribution >= 0.6 is 0 Å². The summed E-state index contributed by atoms with van der Waals surface area (Å²) in [5.74, 6) is 1.14. The van der Waals surface area contributed by atoms with Gasteiger partial charge in [0.15, 0.2) is 24.2 Å². The molecule has 0 radical (unpaired) electrons. The lowest BCUT2D eigenvalue weighted by Gasteiger charge is -2.33. The number of anilines is 5. The summed E-state index contributed by atoms with van der Waals surface area (Å²) in [6, 6.07) is 10.5. The van der Waals surface area contributed by atoms with E-state index in [-0.39, 0.29) is 23.0 Å². The SMILES string of the molecule is CC.CNc1ccccc1N1CCCC(N)C1.CNc1cnccc1OCCN.Nc1nccnc1C=O.Nc1nccnc1C=O. The van der Waals surface area contributed by atoms with Gasteiger partial charge in [-0.05, 0) is 25.0 Å². The Kier molecular flexibility index (Phi) is 20.1. The lowest BCUT2D eigenvalue weighted by atomic mass is 10.1. The summed E-state index contributed by atoms with van der Waals surface area (Å²) in [5.41, 5.74) is 25.5. The average molecular weight is 649 g/mol. The largest absolute Gasteiger partial charge is 0.490 e. The van der Waals surface area contributed by atoms with Crippen LogP contribution in [0.1, 0.15) is 47.7 Å². The van der Waals surface area contributed by atoms with Crippen LogP contribution in [0, 0.1) is 0 Å². The summed E-state index contributed by atoms with van der Waals surface area (Å²) in [7, 11) is 3.79. The van der Waals surface area contributed by atoms with Gasteiger partial charge in [0, 0.05) is 76.8 Å². The summed E-state index contributed by atoms with van der Waals surface area (Å²) < 4.78 is 5.35. The molecule has 254 valence electrons. The molecule has 1 unspecified atom stereocenters. The third-order valence-corrected chi connectivity index (χ3v) is 6.13. The summed E-state index contributed by atoms with van der Waals surface area (Å²) in [6.07, 6.45) is 12.6. The van der Waals surface area contributed by atoms with E-state index in [1.807, 2.05) is 34.0 Å². The van der Waals surface area contributed by atoms with Gasteiger partial charge in [0.25, 0.3) is 0 Å². The summed E-state index contributed by atoms with van der Waals surface area (Å²) in [5, 5.41) is 6.20. The van der Waals surface area contributed by atoms with Crippen LogP contribution in [-0.2, 0) is 0 Å². The molecular formula is C32H48N12O3. The van der Waals surface area contributed by atoms with Crippen LogP contribution in [0.15, 0.2) is 67.5 Å². The molecule has 1 fully saturated rings. The van der Waals surface area contributed by atoms with Gasteiger partial charge in [0.2, 0.25) is 0 Å². The van der Waals surface area contributed by atoms with Crippen LogP contribution in [0.3, 0.4) is 0 Å². The number of aldehydes is 2. The van der Waals surface area contributed by atoms with Crippen LogP contribution < -0.4 is 43.2 Å². The second-order valence-electron chi connectivity index (χ2n) is 9.26. The fourth-order valence-electron chi connectivity index (χ4n) is 3.95. The first-order valence-corrected chi connectivity index (χ1v) is 15.1. The van der Waals surface area contributed by atoms with E-state index >= 15 is 0 Å². The van der Waals surface area contributed by atoms with Crippen molar-refractivity contribution in [3.8, 4) is 5.75 Å². The third kappa shape index (κ3) is 14.5. The van der Waals surface area contributed by atoms with Gasteiger partial charge < -0.3 is 43.2 Å². The van der Waals surface area contributed by atoms with Crippen LogP contribution in [0.5, 0.6) is 5.75 Å². The van der Waals surface area contributed by atoms with Gasteiger partial charge in [0.1, 0.15) is 23.7 Å². The minimum atomic E-state index is 0.174. The number of piperidine rings is 1. The summed E-state index contributed by atoms with van der Waals surface area (Å²) in [6.45, 7) is 7.13. The van der Waals surface area contributed by atoms with Crippen molar-refractivity contribution in [3.63, 3.8) is 0 Å². The van der Waals surface area contributed by atoms with Gasteiger partial charge in [-0.25, -0.2) is 19.9 Å². The van der Waals surface area contributed by atoms with Crippen molar-refractivity contribution in [3.05, 3.63) is 78.9 Å². The number of nitrogens with two attached hydrogens (primary N) is 4. The van der Waals surface area contributed by atoms with E-state index in [2.05, 4.69) is 64.7 Å². The highest BCUT2D eigenvalue weighted by Crippen LogP contribution is 2.27. The number of benzene rings is 1. The number of carbonyl (C=O) groups is 2. The molecule has 0 aliphatic carbocycles. The first kappa shape index (κ1) is 39.6. The lowest BCUT2D eigenvalue weighted by molar-refractivity contribution is 0.111. The number of ether oxygens (including phenoxy) is 1. The third-order valence-electron chi connectivity index (χ3n) is 6.13. The molecule has 1 atom stereocenters. The number of nitrogens with one attached hydrogen (secondary N) is 2. The molecule has 5 rings (SSSR count). The van der Waals surface area contributed by atoms with Crippen LogP contribution in [-0.4, -0.2) is 83.9 Å². The van der Waals surface area contributed by atoms with E-state index in [0.29, 0.717) is 31.8 Å². The predicted molar refractivity (Wildman–Crippen MR) is 189 cm³/mol. The maximum absolute atomic E-state index is 10.0. The Hall–Kier alpha value is -5.41. The minimum absolute atomic E-state index is 0.174. The Balaban J connectivity index is 0.000000315. The van der Waals surface area contributed by atoms with Crippen LogP contribution in [0.2, 0.25) is 0 Å². The molecule has 1 aliphatic heterocycles. The molecule has 1 aromatic carbocycles. The number of nitrogens with zero attached hydrogens (tertiary/aromatic N) is 6. The first-order valence-electron chi connectivity index (χ1n) is 15.1. The Morgan fingerprint density at radius 1 is 0.872 bits per heavy atom. The zero-order chi connectivity index (χ0) is 34.9. The quantitative estimate of drug-likeness (QED) is 0.151. The fourth-order valence-corrected chi connectivity index (χ4v) is 3.95. The highest BCUT2D eigenvalue weighted by Gasteiger charge is 2.18. The Bertz CT molecular complexity index is 1390. The molecule has 4 aromatic rings. The molecule has 1 saturated heterocycles. The molecule has 3 aromatic heterocycles. The first-order chi connectivity index (χ1) is 22.9. The second kappa shape index (κ2) is 23.9. The molecular weight excluding hydrogens is 600 g/mol. The Labute approximate surface area is 276 Å². The van der Waals surface area contributed by atoms with Gasteiger partial charge >= 0.3 is 0 Å². The smallest absolute Gasteiger partial charge is 0.172 e. The van der Waals surface area contributed by atoms with E-state index in [1.54, 1.807) is 12.4 Å². The predicted octanol–water partition coefficient (Wildman–Crippen LogP) is 2.89. The number of para-hydroxylation sites is 2. The average Bonchev–Trinajstić information content (AvgIpc) is 3.13. The van der Waals surface area contributed by atoms with Crippen molar-refractivity contribution in [1.82, 2.24) is 24.9 Å². The number of hydrogen-bond donors (Lipinski definition) is 6. The zero-order valence-corrected chi connectivity index (χ0v) is 27.5. The molecule has 15 heteroatoms. The minimum Gasteiger partial charge on any atom is -0.490 e. The standard InChI is InChI=1S/C12H19N3.C8H13N3O.2C5H5N3O.C2H6/c1-14-11-6-2-3-7-12(11)15-8-4-5-10(13)9-15;1-10-7-6-11-4-2-8(7)12-5-3-9;2*6-5-4(3-9)7-1-2-8-5;1-2/h2-3,6-7,10,14H,4-5,8-9,13H2,1H3;2,4,6,10H,3,5,9H2,1H3;2*1-3H,(H2,6,8);1-2H3. The van der Waals surface area contributed by atoms with Crippen molar-refractivity contribution in [2.75, 3.05) is 67.3 Å². The molecule has 10 N–H and O–H groups in total. The van der Waals surface area contributed by atoms with Crippen molar-refractivity contribution >= 4 is 41.3 Å². The van der Waals surface area contributed by atoms with E-state index in [1.165, 1.54) is 42.6 Å². The maximum atomic E-state index is 10.0. The monoisotopic (exact) mass is 648 g/mol. The zero-order valence-electron chi connectivity index (χ0n) is 27.5. The number of nitrogen functional groups attached to an aromatic ring is 2. The lowest BCUT2D eigenvalue weighted by Crippen LogP contribution is -2.43. The van der Waals surface area contributed by atoms with Crippen LogP contribution in [0.25, 0.3) is 0 Å². The van der Waals surface area contributed by atoms with E-state index < -0.39 is 0 Å². The van der Waals surface area contributed by atoms with Crippen molar-refractivity contribution in [2.24, 2.45) is 11.5 Å². The molecule has 0 bridgehead atoms. The number of hydrogen-bond acceptors (Lipinski definition) is 15. The summed E-state index contributed by atoms with van der Waals surface area (Å²) in [4.78, 5) is 41.0. The molecule has 1 aliphatic rings. The van der Waals surface area contributed by atoms with Gasteiger partial charge in [-0.15, -0.1) is 0 Å². The Morgan fingerprint density at radius 3 is 1.94 bits per heavy atom. The maximum Gasteiger partial charge on any atom is 0.172 e. The molecule has 47 heavy (non-hydrogen) atoms. The molecule has 0 amide bonds. The van der Waals surface area contributed by atoms with E-state index in [0.717, 1.165) is 30.9 Å². The molecule has 4 heterocycles. The number of pyridine rings is 1. The van der Waals surface area contributed by atoms with E-state index in [4.69, 9.17) is 27.7 Å². The number of aromatic nitrogens is 5. The normalized spacial score (nSPS) is 12.8. The number of carbonyl (C=O) groups excluding carboxylic acids is 2. The van der Waals surface area contributed by atoms with E-state index in [9.17, 15) is 9.59 Å². The number of rotatable bonds is 8. The van der Waals surface area contributed by atoms with Crippen molar-refractivity contribution in [2.45, 2.75) is 32.7 Å². The van der Waals surface area contributed by atoms with Gasteiger partial charge in [0.05, 0.1) is 23.3 Å². The van der Waals surface area contributed by atoms with Crippen molar-refractivity contribution in [1.29, 1.82) is 0 Å². The molecule has 0 spiro atoms. The molecule has 0 saturated carbocycles. The molecule has 15 nitrogen and oxygen atoms in total. The van der Waals surface area contributed by atoms with Gasteiger partial charge in [-0.2, -0.15) is 0 Å². The van der Waals surface area contributed by atoms with Crippen molar-refractivity contribution < 1.29 is 14.3 Å². The van der Waals surface area contributed by atoms with Gasteiger partial charge in [-0.3, -0.25) is 14.6 Å². The second-order valence-corrected chi connectivity index (χ2v) is 9.26. The van der Waals surface area contributed by atoms with Crippen LogP contribution in [0.4, 0.5) is 28.7 Å². The highest BCUT2D eigenvalue weighted by molar-refractivity contribution is 5.78. The highest BCUT2D eigenvalue weighted by atomic mass is 16.5. The Morgan fingerprint density at radius 2 is 1.45 bits per heavy atom. The van der Waals surface area contributed by atoms with Gasteiger partial charge in [-0.1, -0.05) is 26.0 Å².